The first kappa shape index (κ1) is 22.0. The lowest BCUT2D eigenvalue weighted by Crippen LogP contribution is -1.99. The molecule has 7 nitrogen and oxygen atoms in total. The molecule has 156 valence electrons. The van der Waals surface area contributed by atoms with Gasteiger partial charge in [0.05, 0.1) is 18.7 Å². The Morgan fingerprint density at radius 2 is 1.97 bits per heavy atom. The Kier molecular flexibility index (Phi) is 7.25. The van der Waals surface area contributed by atoms with Gasteiger partial charge in [0.2, 0.25) is 5.89 Å². The van der Waals surface area contributed by atoms with Gasteiger partial charge in [-0.05, 0) is 66.7 Å². The molecule has 0 aliphatic heterocycles. The van der Waals surface area contributed by atoms with Gasteiger partial charge in [-0.1, -0.05) is 23.2 Å². The summed E-state index contributed by atoms with van der Waals surface area (Å²) in [5, 5.41) is 18.4. The molecular weight excluding hydrogens is 451 g/mol. The average molecular weight is 467 g/mol. The summed E-state index contributed by atoms with van der Waals surface area (Å²) in [5.74, 6) is -0.109. The first-order valence-electron chi connectivity index (χ1n) is 8.64. The molecule has 10 heteroatoms. The fourth-order valence-electron chi connectivity index (χ4n) is 2.47. The summed E-state index contributed by atoms with van der Waals surface area (Å²) in [6.45, 7) is 2.22. The maximum atomic E-state index is 11.8. The van der Waals surface area contributed by atoms with Gasteiger partial charge in [-0.2, -0.15) is 0 Å². The van der Waals surface area contributed by atoms with E-state index < -0.39 is 5.97 Å². The second-order valence-electron chi connectivity index (χ2n) is 5.76. The molecule has 0 saturated carbocycles. The van der Waals surface area contributed by atoms with E-state index in [4.69, 9.17) is 37.1 Å². The lowest BCUT2D eigenvalue weighted by atomic mass is 10.2. The smallest absolute Gasteiger partial charge is 0.342 e. The molecule has 0 saturated heterocycles. The third-order valence-electron chi connectivity index (χ3n) is 3.74. The Labute approximate surface area is 186 Å². The molecule has 1 heterocycles. The average Bonchev–Trinajstić information content (AvgIpc) is 3.17. The number of methoxy groups -OCH3 is 1. The number of benzene rings is 2. The summed E-state index contributed by atoms with van der Waals surface area (Å²) in [6.07, 6.45) is 1.44. The fraction of sp³-hybridized carbons (Fsp3) is 0.150. The van der Waals surface area contributed by atoms with Crippen LogP contribution in [-0.2, 0) is 4.79 Å². The number of carbonyl (C=O) groups is 1. The van der Waals surface area contributed by atoms with E-state index in [0.29, 0.717) is 39.3 Å². The zero-order valence-corrected chi connectivity index (χ0v) is 18.2. The number of carboxylic acid groups (broad SMARTS) is 1. The maximum Gasteiger partial charge on any atom is 0.342 e. The minimum Gasteiger partial charge on any atom is -0.491 e. The van der Waals surface area contributed by atoms with Crippen molar-refractivity contribution >= 4 is 47.0 Å². The van der Waals surface area contributed by atoms with Crippen LogP contribution in [0, 0.1) is 0 Å². The standard InChI is InChI=1S/C20H16Cl2N2O5S/c1-3-28-15-9-11(8-14(22)17(15)27-2)10-16(19(25)26)30-20-24-23-18(29-20)12-4-6-13(21)7-5-12/h4-10H,3H2,1-2H3,(H,25,26)/b16-10-. The van der Waals surface area contributed by atoms with Crippen LogP contribution in [0.4, 0.5) is 0 Å². The molecule has 3 rings (SSSR count). The number of thioether (sulfide) groups is 1. The normalized spacial score (nSPS) is 11.4. The number of carboxylic acids is 1. The van der Waals surface area contributed by atoms with E-state index in [1.54, 1.807) is 36.4 Å². The third-order valence-corrected chi connectivity index (χ3v) is 5.12. The highest BCUT2D eigenvalue weighted by atomic mass is 35.5. The van der Waals surface area contributed by atoms with Crippen LogP contribution in [0.15, 0.2) is 50.9 Å². The molecule has 1 N–H and O–H groups in total. The Bertz CT molecular complexity index is 1080. The van der Waals surface area contributed by atoms with Gasteiger partial charge in [0.25, 0.3) is 5.22 Å². The van der Waals surface area contributed by atoms with E-state index in [1.807, 2.05) is 6.92 Å². The monoisotopic (exact) mass is 466 g/mol. The lowest BCUT2D eigenvalue weighted by Gasteiger charge is -2.12. The van der Waals surface area contributed by atoms with Crippen LogP contribution < -0.4 is 9.47 Å². The van der Waals surface area contributed by atoms with E-state index >= 15 is 0 Å². The SMILES string of the molecule is CCOc1cc(/C=C(\Sc2nnc(-c3ccc(Cl)cc3)o2)C(=O)O)cc(Cl)c1OC. The number of hydrogen-bond donors (Lipinski definition) is 1. The molecule has 0 atom stereocenters. The van der Waals surface area contributed by atoms with Crippen LogP contribution in [-0.4, -0.2) is 35.0 Å². The number of ether oxygens (including phenoxy) is 2. The van der Waals surface area contributed by atoms with Crippen molar-refractivity contribution in [3.8, 4) is 23.0 Å². The first-order valence-corrected chi connectivity index (χ1v) is 10.2. The Balaban J connectivity index is 1.89. The van der Waals surface area contributed by atoms with Gasteiger partial charge >= 0.3 is 5.97 Å². The third kappa shape index (κ3) is 5.27. The van der Waals surface area contributed by atoms with Crippen molar-refractivity contribution in [3.63, 3.8) is 0 Å². The zero-order chi connectivity index (χ0) is 21.7. The molecule has 1 aromatic heterocycles. The Morgan fingerprint density at radius 3 is 2.60 bits per heavy atom. The second kappa shape index (κ2) is 9.88. The highest BCUT2D eigenvalue weighted by Crippen LogP contribution is 2.38. The molecule has 0 fully saturated rings. The van der Waals surface area contributed by atoms with Gasteiger partial charge in [-0.15, -0.1) is 10.2 Å². The summed E-state index contributed by atoms with van der Waals surface area (Å²) in [6, 6.07) is 10.1. The molecule has 3 aromatic rings. The number of hydrogen-bond acceptors (Lipinski definition) is 7. The van der Waals surface area contributed by atoms with E-state index in [9.17, 15) is 9.90 Å². The van der Waals surface area contributed by atoms with Crippen LogP contribution in [0.3, 0.4) is 0 Å². The number of nitrogens with zero attached hydrogens (tertiary/aromatic N) is 2. The highest BCUT2D eigenvalue weighted by molar-refractivity contribution is 8.03. The van der Waals surface area contributed by atoms with Crippen LogP contribution in [0.25, 0.3) is 17.5 Å². The maximum absolute atomic E-state index is 11.8. The van der Waals surface area contributed by atoms with Crippen LogP contribution in [0.2, 0.25) is 10.0 Å². The molecule has 0 aliphatic rings. The van der Waals surface area contributed by atoms with Crippen molar-refractivity contribution in [2.45, 2.75) is 12.1 Å². The fourth-order valence-corrected chi connectivity index (χ4v) is 3.57. The minimum atomic E-state index is -1.16. The topological polar surface area (TPSA) is 94.7 Å². The predicted molar refractivity (Wildman–Crippen MR) is 115 cm³/mol. The summed E-state index contributed by atoms with van der Waals surface area (Å²) in [4.78, 5) is 11.7. The van der Waals surface area contributed by atoms with Crippen molar-refractivity contribution in [1.82, 2.24) is 10.2 Å². The van der Waals surface area contributed by atoms with Gasteiger partial charge in [0.15, 0.2) is 11.5 Å². The minimum absolute atomic E-state index is 0.0370. The molecule has 0 unspecified atom stereocenters. The number of rotatable bonds is 8. The molecule has 0 radical (unpaired) electrons. The quantitative estimate of drug-likeness (QED) is 0.335. The lowest BCUT2D eigenvalue weighted by molar-refractivity contribution is -0.131. The number of halogens is 2. The Hall–Kier alpha value is -2.68. The van der Waals surface area contributed by atoms with Crippen molar-refractivity contribution in [2.24, 2.45) is 0 Å². The summed E-state index contributed by atoms with van der Waals surface area (Å²) >= 11 is 12.9. The van der Waals surface area contributed by atoms with Crippen molar-refractivity contribution in [3.05, 3.63) is 56.9 Å². The summed E-state index contributed by atoms with van der Waals surface area (Å²) < 4.78 is 16.3. The second-order valence-corrected chi connectivity index (χ2v) is 7.60. The molecule has 2 aromatic carbocycles. The van der Waals surface area contributed by atoms with Crippen LogP contribution >= 0.6 is 35.0 Å². The van der Waals surface area contributed by atoms with Gasteiger partial charge in [-0.3, -0.25) is 0 Å². The first-order chi connectivity index (χ1) is 14.4. The van der Waals surface area contributed by atoms with Gasteiger partial charge < -0.3 is 19.0 Å². The van der Waals surface area contributed by atoms with Gasteiger partial charge in [0, 0.05) is 10.6 Å². The van der Waals surface area contributed by atoms with Gasteiger partial charge in [-0.25, -0.2) is 4.79 Å². The molecule has 0 amide bonds. The largest absolute Gasteiger partial charge is 0.491 e. The van der Waals surface area contributed by atoms with Crippen LogP contribution in [0.1, 0.15) is 12.5 Å². The zero-order valence-electron chi connectivity index (χ0n) is 15.9. The molecule has 0 bridgehead atoms. The van der Waals surface area contributed by atoms with Crippen LogP contribution in [0.5, 0.6) is 11.5 Å². The number of aromatic nitrogens is 2. The van der Waals surface area contributed by atoms with E-state index in [-0.39, 0.29) is 16.0 Å². The molecule has 0 spiro atoms. The summed E-state index contributed by atoms with van der Waals surface area (Å²) in [7, 11) is 1.48. The van der Waals surface area contributed by atoms with Crippen molar-refractivity contribution < 1.29 is 23.8 Å². The van der Waals surface area contributed by atoms with Crippen molar-refractivity contribution in [1.29, 1.82) is 0 Å². The highest BCUT2D eigenvalue weighted by Gasteiger charge is 2.17. The predicted octanol–water partition coefficient (Wildman–Crippen LogP) is 5.67. The summed E-state index contributed by atoms with van der Waals surface area (Å²) in [5.41, 5.74) is 1.19. The molecule has 30 heavy (non-hydrogen) atoms. The van der Waals surface area contributed by atoms with E-state index in [2.05, 4.69) is 10.2 Å². The number of aliphatic carboxylic acids is 1. The van der Waals surface area contributed by atoms with Crippen molar-refractivity contribution in [2.75, 3.05) is 13.7 Å². The van der Waals surface area contributed by atoms with E-state index in [0.717, 1.165) is 11.8 Å². The molecule has 0 aliphatic carbocycles. The van der Waals surface area contributed by atoms with E-state index in [1.165, 1.54) is 13.2 Å². The Morgan fingerprint density at radius 1 is 1.23 bits per heavy atom. The van der Waals surface area contributed by atoms with Gasteiger partial charge in [0.1, 0.15) is 4.91 Å². The molecular formula is C20H16Cl2N2O5S.